The summed E-state index contributed by atoms with van der Waals surface area (Å²) in [7, 11) is 0. The van der Waals surface area contributed by atoms with Gasteiger partial charge in [-0.05, 0) is 42.5 Å². The quantitative estimate of drug-likeness (QED) is 0.579. The summed E-state index contributed by atoms with van der Waals surface area (Å²) in [5.74, 6) is 0.0300. The van der Waals surface area contributed by atoms with E-state index >= 15 is 0 Å². The third kappa shape index (κ3) is 3.04. The largest absolute Gasteiger partial charge is 0.510 e. The average molecular weight is 430 g/mol. The predicted octanol–water partition coefficient (Wildman–Crippen LogP) is 5.48. The van der Waals surface area contributed by atoms with E-state index in [9.17, 15) is 9.50 Å². The Bertz CT molecular complexity index is 1030. The van der Waals surface area contributed by atoms with Crippen LogP contribution in [0.5, 0.6) is 0 Å². The van der Waals surface area contributed by atoms with Crippen molar-refractivity contribution in [2.75, 3.05) is 11.4 Å². The van der Waals surface area contributed by atoms with E-state index in [1.807, 2.05) is 29.6 Å². The Kier molecular flexibility index (Phi) is 4.34. The fourth-order valence-corrected chi connectivity index (χ4v) is 4.09. The zero-order valence-electron chi connectivity index (χ0n) is 13.4. The lowest BCUT2D eigenvalue weighted by molar-refractivity contribution is 0.411. The summed E-state index contributed by atoms with van der Waals surface area (Å²) in [4.78, 5) is 6.27. The topological polar surface area (TPSA) is 60.2 Å². The minimum absolute atomic E-state index is 0.120. The van der Waals surface area contributed by atoms with Crippen LogP contribution < -0.4 is 4.90 Å². The molecule has 0 amide bonds. The molecule has 1 aliphatic rings. The number of aliphatic hydroxyl groups excluding tert-OH is 1. The fraction of sp³-hybridized carbons (Fsp3) is 0.0526. The zero-order valence-corrected chi connectivity index (χ0v) is 15.8. The number of hydrogen-bond donors (Lipinski definition) is 2. The van der Waals surface area contributed by atoms with Crippen LogP contribution in [0.25, 0.3) is 16.8 Å². The molecule has 0 aliphatic carbocycles. The van der Waals surface area contributed by atoms with E-state index < -0.39 is 0 Å². The van der Waals surface area contributed by atoms with E-state index in [1.165, 1.54) is 23.5 Å². The summed E-state index contributed by atoms with van der Waals surface area (Å²) in [6.45, 7) is 0.232. The fourth-order valence-electron chi connectivity index (χ4n) is 2.81. The third-order valence-corrected chi connectivity index (χ3v) is 5.43. The number of hydrogen-bond acceptors (Lipinski definition) is 4. The van der Waals surface area contributed by atoms with Crippen LogP contribution >= 0.6 is 27.3 Å². The van der Waals surface area contributed by atoms with Gasteiger partial charge in [0.2, 0.25) is 0 Å². The van der Waals surface area contributed by atoms with Gasteiger partial charge in [-0.25, -0.2) is 9.37 Å². The van der Waals surface area contributed by atoms with Gasteiger partial charge >= 0.3 is 0 Å². The second-order valence-electron chi connectivity index (χ2n) is 5.78. The Labute approximate surface area is 161 Å². The highest BCUT2D eigenvalue weighted by atomic mass is 79.9. The number of thiazole rings is 1. The van der Waals surface area contributed by atoms with Crippen molar-refractivity contribution in [1.82, 2.24) is 4.98 Å². The Morgan fingerprint density at radius 3 is 2.69 bits per heavy atom. The average Bonchev–Trinajstić information content (AvgIpc) is 3.20. The van der Waals surface area contributed by atoms with Crippen LogP contribution in [0.4, 0.5) is 10.1 Å². The number of nitrogens with one attached hydrogen (secondary N) is 1. The van der Waals surface area contributed by atoms with Crippen LogP contribution in [-0.4, -0.2) is 22.5 Å². The molecule has 0 fully saturated rings. The molecule has 0 saturated carbocycles. The molecule has 0 atom stereocenters. The summed E-state index contributed by atoms with van der Waals surface area (Å²) < 4.78 is 14.0. The number of rotatable bonds is 3. The molecule has 7 heteroatoms. The summed E-state index contributed by atoms with van der Waals surface area (Å²) in [5.41, 5.74) is 2.74. The van der Waals surface area contributed by atoms with Crippen molar-refractivity contribution < 1.29 is 9.50 Å². The van der Waals surface area contributed by atoms with Gasteiger partial charge in [-0.3, -0.25) is 5.41 Å². The monoisotopic (exact) mass is 429 g/mol. The Morgan fingerprint density at radius 2 is 1.96 bits per heavy atom. The number of benzene rings is 2. The van der Waals surface area contributed by atoms with Gasteiger partial charge in [0.15, 0.2) is 0 Å². The molecule has 4 rings (SSSR count). The van der Waals surface area contributed by atoms with Crippen molar-refractivity contribution in [3.8, 4) is 11.3 Å². The first-order valence-corrected chi connectivity index (χ1v) is 9.46. The first-order chi connectivity index (χ1) is 12.5. The van der Waals surface area contributed by atoms with Gasteiger partial charge < -0.3 is 10.0 Å². The maximum Gasteiger partial charge on any atom is 0.139 e. The lowest BCUT2D eigenvalue weighted by atomic mass is 10.2. The molecule has 1 aromatic heterocycles. The maximum absolute atomic E-state index is 13.1. The number of aromatic nitrogens is 1. The van der Waals surface area contributed by atoms with Crippen LogP contribution in [0.1, 0.15) is 5.01 Å². The number of halogens is 2. The smallest absolute Gasteiger partial charge is 0.139 e. The van der Waals surface area contributed by atoms with Gasteiger partial charge in [-0.1, -0.05) is 22.0 Å². The number of nitrogens with zero attached hydrogens (tertiary/aromatic N) is 2. The molecule has 0 bridgehead atoms. The molecule has 2 heterocycles. The molecule has 26 heavy (non-hydrogen) atoms. The standard InChI is InChI=1S/C19H13BrFN3OS/c20-12-2-1-3-14(8-12)24-9-16(25)17(18(24)22)19-23-15(10-26-19)11-4-6-13(21)7-5-11/h1-8,10,22,25H,9H2. The van der Waals surface area contributed by atoms with Crippen molar-refractivity contribution in [3.05, 3.63) is 75.0 Å². The minimum atomic E-state index is -0.299. The van der Waals surface area contributed by atoms with Gasteiger partial charge in [0.25, 0.3) is 0 Å². The van der Waals surface area contributed by atoms with Crippen molar-refractivity contribution in [2.45, 2.75) is 0 Å². The summed E-state index contributed by atoms with van der Waals surface area (Å²) >= 11 is 4.78. The van der Waals surface area contributed by atoms with E-state index in [2.05, 4.69) is 20.9 Å². The molecule has 3 aromatic rings. The summed E-state index contributed by atoms with van der Waals surface area (Å²) in [6, 6.07) is 13.7. The van der Waals surface area contributed by atoms with E-state index in [4.69, 9.17) is 5.41 Å². The van der Waals surface area contributed by atoms with Gasteiger partial charge in [0.05, 0.1) is 17.8 Å². The van der Waals surface area contributed by atoms with Crippen LogP contribution in [0.3, 0.4) is 0 Å². The van der Waals surface area contributed by atoms with Gasteiger partial charge in [-0.2, -0.15) is 0 Å². The van der Waals surface area contributed by atoms with Crippen LogP contribution in [0, 0.1) is 11.2 Å². The maximum atomic E-state index is 13.1. The first-order valence-electron chi connectivity index (χ1n) is 7.79. The van der Waals surface area contributed by atoms with E-state index in [-0.39, 0.29) is 24.0 Å². The normalized spacial score (nSPS) is 14.4. The second kappa shape index (κ2) is 6.66. The number of amidine groups is 1. The highest BCUT2D eigenvalue weighted by molar-refractivity contribution is 9.10. The molecule has 0 unspecified atom stereocenters. The Morgan fingerprint density at radius 1 is 1.19 bits per heavy atom. The molecule has 0 saturated heterocycles. The molecular weight excluding hydrogens is 417 g/mol. The van der Waals surface area contributed by atoms with Crippen molar-refractivity contribution in [2.24, 2.45) is 0 Å². The van der Waals surface area contributed by atoms with Crippen LogP contribution in [0.2, 0.25) is 0 Å². The Hall–Kier alpha value is -2.51. The predicted molar refractivity (Wildman–Crippen MR) is 106 cm³/mol. The zero-order chi connectivity index (χ0) is 18.3. The third-order valence-electron chi connectivity index (χ3n) is 4.08. The van der Waals surface area contributed by atoms with E-state index in [0.29, 0.717) is 16.3 Å². The molecule has 0 radical (unpaired) electrons. The molecule has 1 aliphatic heterocycles. The SMILES string of the molecule is N=C1C(c2nc(-c3ccc(F)cc3)cs2)=C(O)CN1c1cccc(Br)c1. The summed E-state index contributed by atoms with van der Waals surface area (Å²) in [6.07, 6.45) is 0. The lowest BCUT2D eigenvalue weighted by Crippen LogP contribution is -2.25. The van der Waals surface area contributed by atoms with Gasteiger partial charge in [0.1, 0.15) is 22.4 Å². The summed E-state index contributed by atoms with van der Waals surface area (Å²) in [5, 5.41) is 21.3. The van der Waals surface area contributed by atoms with Crippen LogP contribution in [-0.2, 0) is 0 Å². The number of aliphatic hydroxyl groups is 1. The van der Waals surface area contributed by atoms with Crippen LogP contribution in [0.15, 0.2) is 64.1 Å². The first kappa shape index (κ1) is 16.9. The van der Waals surface area contributed by atoms with E-state index in [0.717, 1.165) is 15.7 Å². The minimum Gasteiger partial charge on any atom is -0.510 e. The molecule has 4 nitrogen and oxygen atoms in total. The number of anilines is 1. The molecule has 2 N–H and O–H groups in total. The molecule has 0 spiro atoms. The van der Waals surface area contributed by atoms with Crippen molar-refractivity contribution in [3.63, 3.8) is 0 Å². The highest BCUT2D eigenvalue weighted by Crippen LogP contribution is 2.35. The van der Waals surface area contributed by atoms with Gasteiger partial charge in [0, 0.05) is 21.1 Å². The van der Waals surface area contributed by atoms with E-state index in [1.54, 1.807) is 17.0 Å². The molecule has 130 valence electrons. The van der Waals surface area contributed by atoms with Gasteiger partial charge in [-0.15, -0.1) is 11.3 Å². The molecular formula is C19H13BrFN3OS. The van der Waals surface area contributed by atoms with Crippen molar-refractivity contribution in [1.29, 1.82) is 5.41 Å². The molecule has 2 aromatic carbocycles. The van der Waals surface area contributed by atoms with Crippen molar-refractivity contribution >= 4 is 44.4 Å². The highest BCUT2D eigenvalue weighted by Gasteiger charge is 2.31. The second-order valence-corrected chi connectivity index (χ2v) is 7.55. The lowest BCUT2D eigenvalue weighted by Gasteiger charge is -2.18. The Balaban J connectivity index is 1.65.